The number of non-ortho nitro benzene ring substituents is 1. The number of nitriles is 1. The van der Waals surface area contributed by atoms with Crippen LogP contribution in [-0.2, 0) is 10.5 Å². The Morgan fingerprint density at radius 2 is 2.07 bits per heavy atom. The highest BCUT2D eigenvalue weighted by molar-refractivity contribution is 8.02. The van der Waals surface area contributed by atoms with E-state index in [0.29, 0.717) is 27.1 Å². The van der Waals surface area contributed by atoms with Gasteiger partial charge < -0.3 is 10.1 Å². The summed E-state index contributed by atoms with van der Waals surface area (Å²) in [6.45, 7) is 0. The molecule has 0 bridgehead atoms. The van der Waals surface area contributed by atoms with Gasteiger partial charge in [-0.05, 0) is 23.3 Å². The molecule has 29 heavy (non-hydrogen) atoms. The minimum absolute atomic E-state index is 0.0121. The average molecular weight is 430 g/mol. The first-order chi connectivity index (χ1) is 13.9. The Morgan fingerprint density at radius 1 is 1.34 bits per heavy atom. The van der Waals surface area contributed by atoms with Gasteiger partial charge in [0.1, 0.15) is 5.75 Å². The molecule has 9 heteroatoms. The smallest absolute Gasteiger partial charge is 0.269 e. The van der Waals surface area contributed by atoms with Gasteiger partial charge in [-0.15, -0.1) is 11.8 Å². The zero-order chi connectivity index (χ0) is 21.0. The number of nitrogens with zero attached hydrogens (tertiary/aromatic N) is 2. The first kappa shape index (κ1) is 20.7. The number of carbonyl (C=O) groups excluding carboxylic acids is 1. The van der Waals surface area contributed by atoms with Gasteiger partial charge in [-0.25, -0.2) is 0 Å². The third-order valence-corrected chi connectivity index (χ3v) is 5.85. The molecule has 7 nitrogen and oxygen atoms in total. The van der Waals surface area contributed by atoms with E-state index in [2.05, 4.69) is 11.4 Å². The van der Waals surface area contributed by atoms with E-state index in [4.69, 9.17) is 16.3 Å². The van der Waals surface area contributed by atoms with Crippen LogP contribution in [0.1, 0.15) is 23.5 Å². The van der Waals surface area contributed by atoms with Gasteiger partial charge in [0.15, 0.2) is 0 Å². The van der Waals surface area contributed by atoms with Crippen LogP contribution in [0.5, 0.6) is 5.75 Å². The van der Waals surface area contributed by atoms with Gasteiger partial charge in [-0.3, -0.25) is 14.9 Å². The van der Waals surface area contributed by atoms with Crippen molar-refractivity contribution in [1.29, 1.82) is 5.26 Å². The molecule has 3 rings (SSSR count). The third-order valence-electron chi connectivity index (χ3n) is 4.46. The zero-order valence-electron chi connectivity index (χ0n) is 15.3. The van der Waals surface area contributed by atoms with Crippen molar-refractivity contribution in [2.75, 3.05) is 7.11 Å². The second-order valence-corrected chi connectivity index (χ2v) is 7.66. The summed E-state index contributed by atoms with van der Waals surface area (Å²) >= 11 is 7.52. The molecule has 1 heterocycles. The Kier molecular flexibility index (Phi) is 6.42. The number of nitro benzene ring substituents is 1. The van der Waals surface area contributed by atoms with Gasteiger partial charge in [0, 0.05) is 30.2 Å². The number of carbonyl (C=O) groups is 1. The lowest BCUT2D eigenvalue weighted by atomic mass is 9.87. The van der Waals surface area contributed by atoms with Gasteiger partial charge in [0.05, 0.1) is 33.7 Å². The zero-order valence-corrected chi connectivity index (χ0v) is 16.9. The summed E-state index contributed by atoms with van der Waals surface area (Å²) in [5.41, 5.74) is 2.07. The van der Waals surface area contributed by atoms with E-state index in [0.717, 1.165) is 11.1 Å². The first-order valence-corrected chi connectivity index (χ1v) is 9.93. The van der Waals surface area contributed by atoms with Crippen molar-refractivity contribution < 1.29 is 14.5 Å². The lowest BCUT2D eigenvalue weighted by Crippen LogP contribution is -2.30. The van der Waals surface area contributed by atoms with E-state index in [1.807, 2.05) is 0 Å². The lowest BCUT2D eigenvalue weighted by molar-refractivity contribution is -0.384. The second kappa shape index (κ2) is 8.99. The van der Waals surface area contributed by atoms with E-state index in [-0.39, 0.29) is 18.0 Å². The van der Waals surface area contributed by atoms with Crippen molar-refractivity contribution in [1.82, 2.24) is 5.32 Å². The number of nitro groups is 1. The normalized spacial score (nSPS) is 16.2. The van der Waals surface area contributed by atoms with Crippen molar-refractivity contribution in [2.45, 2.75) is 18.1 Å². The fourth-order valence-corrected chi connectivity index (χ4v) is 4.29. The maximum Gasteiger partial charge on any atom is 0.269 e. The number of halogens is 1. The number of hydrogen-bond donors (Lipinski definition) is 1. The Balaban J connectivity index is 1.85. The molecule has 1 amide bonds. The second-order valence-electron chi connectivity index (χ2n) is 6.27. The molecule has 1 aliphatic heterocycles. The summed E-state index contributed by atoms with van der Waals surface area (Å²) in [5, 5.41) is 24.2. The van der Waals surface area contributed by atoms with Crippen molar-refractivity contribution in [3.05, 3.63) is 79.3 Å². The fourth-order valence-electron chi connectivity index (χ4n) is 2.99. The van der Waals surface area contributed by atoms with E-state index in [1.165, 1.54) is 31.0 Å². The Labute approximate surface area is 176 Å². The number of nitrogens with one attached hydrogen (secondary N) is 1. The molecule has 1 aliphatic rings. The number of allylic oxidation sites excluding steroid dienone is 1. The molecule has 0 spiro atoms. The van der Waals surface area contributed by atoms with Crippen LogP contribution in [0, 0.1) is 21.4 Å². The van der Waals surface area contributed by atoms with Crippen LogP contribution in [0.15, 0.2) is 53.1 Å². The highest BCUT2D eigenvalue weighted by atomic mass is 35.5. The molecule has 0 unspecified atom stereocenters. The van der Waals surface area contributed by atoms with Crippen LogP contribution >= 0.6 is 23.4 Å². The SMILES string of the molecule is COc1ccc([C@H]2CC(=O)NC(SCc3ccc([N+](=O)[O-])cc3)=C2C#N)cc1Cl. The minimum Gasteiger partial charge on any atom is -0.495 e. The van der Waals surface area contributed by atoms with Crippen LogP contribution in [-0.4, -0.2) is 17.9 Å². The van der Waals surface area contributed by atoms with E-state index in [1.54, 1.807) is 30.3 Å². The van der Waals surface area contributed by atoms with Crippen molar-refractivity contribution in [3.8, 4) is 11.8 Å². The van der Waals surface area contributed by atoms with Gasteiger partial charge in [0.25, 0.3) is 5.69 Å². The predicted molar refractivity (Wildman–Crippen MR) is 111 cm³/mol. The summed E-state index contributed by atoms with van der Waals surface area (Å²) in [6.07, 6.45) is 0.146. The van der Waals surface area contributed by atoms with Crippen LogP contribution < -0.4 is 10.1 Å². The van der Waals surface area contributed by atoms with Crippen molar-refractivity contribution in [2.24, 2.45) is 0 Å². The summed E-state index contributed by atoms with van der Waals surface area (Å²) in [5.74, 6) is 0.379. The molecule has 148 valence electrons. The molecule has 2 aromatic carbocycles. The predicted octanol–water partition coefficient (Wildman–Crippen LogP) is 4.53. The Morgan fingerprint density at radius 3 is 2.66 bits per heavy atom. The monoisotopic (exact) mass is 429 g/mol. The molecule has 0 fully saturated rings. The summed E-state index contributed by atoms with van der Waals surface area (Å²) in [7, 11) is 1.52. The standard InChI is InChI=1S/C20H16ClN3O4S/c1-28-18-7-4-13(8-17(18)21)15-9-19(25)23-20(16(15)10-22)29-11-12-2-5-14(6-3-12)24(26)27/h2-8,15H,9,11H2,1H3,(H,23,25)/t15-/m1/s1. The number of thioether (sulfide) groups is 1. The molecule has 0 radical (unpaired) electrons. The number of ether oxygens (including phenoxy) is 1. The molecule has 1 atom stereocenters. The van der Waals surface area contributed by atoms with E-state index >= 15 is 0 Å². The van der Waals surface area contributed by atoms with E-state index < -0.39 is 10.8 Å². The maximum atomic E-state index is 12.3. The highest BCUT2D eigenvalue weighted by Crippen LogP contribution is 2.39. The third kappa shape index (κ3) is 4.70. The first-order valence-electron chi connectivity index (χ1n) is 8.56. The number of amides is 1. The van der Waals surface area contributed by atoms with Gasteiger partial charge in [-0.1, -0.05) is 29.8 Å². The molecule has 0 aliphatic carbocycles. The largest absolute Gasteiger partial charge is 0.495 e. The Hall–Kier alpha value is -3.02. The van der Waals surface area contributed by atoms with Crippen molar-refractivity contribution >= 4 is 35.0 Å². The van der Waals surface area contributed by atoms with Crippen LogP contribution in [0.4, 0.5) is 5.69 Å². The summed E-state index contributed by atoms with van der Waals surface area (Å²) < 4.78 is 5.16. The van der Waals surface area contributed by atoms with Gasteiger partial charge in [0.2, 0.25) is 5.91 Å². The fraction of sp³-hybridized carbons (Fsp3) is 0.200. The van der Waals surface area contributed by atoms with Gasteiger partial charge >= 0.3 is 0 Å². The molecule has 0 saturated carbocycles. The molecule has 0 aromatic heterocycles. The van der Waals surface area contributed by atoms with Crippen LogP contribution in [0.25, 0.3) is 0 Å². The average Bonchev–Trinajstić information content (AvgIpc) is 2.72. The van der Waals surface area contributed by atoms with Crippen LogP contribution in [0.2, 0.25) is 5.02 Å². The maximum absolute atomic E-state index is 12.3. The molecular weight excluding hydrogens is 414 g/mol. The topological polar surface area (TPSA) is 105 Å². The summed E-state index contributed by atoms with van der Waals surface area (Å²) in [4.78, 5) is 22.6. The molecule has 0 saturated heterocycles. The number of rotatable bonds is 6. The van der Waals surface area contributed by atoms with E-state index in [9.17, 15) is 20.2 Å². The molecular formula is C20H16ClN3O4S. The van der Waals surface area contributed by atoms with Crippen molar-refractivity contribution in [3.63, 3.8) is 0 Å². The highest BCUT2D eigenvalue weighted by Gasteiger charge is 2.30. The lowest BCUT2D eigenvalue weighted by Gasteiger charge is -2.25. The molecule has 2 aromatic rings. The summed E-state index contributed by atoms with van der Waals surface area (Å²) in [6, 6.07) is 13.6. The number of benzene rings is 2. The number of hydrogen-bond acceptors (Lipinski definition) is 6. The minimum atomic E-state index is -0.459. The Bertz CT molecular complexity index is 1030. The number of methoxy groups -OCH3 is 1. The molecule has 1 N–H and O–H groups in total. The van der Waals surface area contributed by atoms with Gasteiger partial charge in [-0.2, -0.15) is 5.26 Å². The van der Waals surface area contributed by atoms with Crippen LogP contribution in [0.3, 0.4) is 0 Å². The quantitative estimate of drug-likeness (QED) is 0.534.